The Balaban J connectivity index is 1.53. The van der Waals surface area contributed by atoms with Crippen molar-refractivity contribution in [1.29, 1.82) is 0 Å². The second-order valence-corrected chi connectivity index (χ2v) is 6.46. The number of carbonyl (C=O) groups excluding carboxylic acids is 1. The zero-order chi connectivity index (χ0) is 17.1. The molecule has 1 fully saturated rings. The molecule has 0 unspecified atom stereocenters. The van der Waals surface area contributed by atoms with Gasteiger partial charge in [-0.05, 0) is 31.5 Å². The Morgan fingerprint density at radius 2 is 1.79 bits per heavy atom. The monoisotopic (exact) mass is 327 g/mol. The fraction of sp³-hybridized carbons (Fsp3) is 0.500. The van der Waals surface area contributed by atoms with Gasteiger partial charge in [0.1, 0.15) is 0 Å². The molecule has 0 aromatic carbocycles. The fourth-order valence-corrected chi connectivity index (χ4v) is 3.24. The number of hydrogen-bond acceptors (Lipinski definition) is 4. The number of hydrogen-bond donors (Lipinski definition) is 0. The average molecular weight is 327 g/mol. The molecular weight excluding hydrogens is 302 g/mol. The molecule has 0 N–H and O–H groups in total. The Hall–Kier alpha value is -2.21. The summed E-state index contributed by atoms with van der Waals surface area (Å²) in [5.74, 6) is 0.206. The summed E-state index contributed by atoms with van der Waals surface area (Å²) in [5.41, 5.74) is 4.38. The third kappa shape index (κ3) is 3.64. The Morgan fingerprint density at radius 3 is 2.38 bits per heavy atom. The molecule has 1 aliphatic rings. The fourth-order valence-electron chi connectivity index (χ4n) is 3.24. The van der Waals surface area contributed by atoms with Crippen molar-refractivity contribution in [1.82, 2.24) is 24.6 Å². The molecular formula is C18H25N5O. The zero-order valence-corrected chi connectivity index (χ0v) is 14.7. The van der Waals surface area contributed by atoms with Crippen LogP contribution in [-0.2, 0) is 24.8 Å². The van der Waals surface area contributed by atoms with Crippen LogP contribution < -0.4 is 0 Å². The van der Waals surface area contributed by atoms with Crippen molar-refractivity contribution in [2.75, 3.05) is 26.2 Å². The smallest absolute Gasteiger partial charge is 0.227 e. The zero-order valence-electron chi connectivity index (χ0n) is 14.7. The minimum Gasteiger partial charge on any atom is -0.340 e. The SMILES string of the molecule is Cc1nn(C)c(C)c1CC(=O)N1CCN(Cc2ccncc2)CC1. The number of aryl methyl sites for hydroxylation is 2. The molecule has 1 aliphatic heterocycles. The van der Waals surface area contributed by atoms with Gasteiger partial charge >= 0.3 is 0 Å². The Morgan fingerprint density at radius 1 is 1.12 bits per heavy atom. The average Bonchev–Trinajstić information content (AvgIpc) is 2.83. The van der Waals surface area contributed by atoms with E-state index in [1.54, 1.807) is 0 Å². The summed E-state index contributed by atoms with van der Waals surface area (Å²) in [5, 5.41) is 4.40. The van der Waals surface area contributed by atoms with Crippen molar-refractivity contribution >= 4 is 5.91 Å². The Bertz CT molecular complexity index is 702. The van der Waals surface area contributed by atoms with Gasteiger partial charge in [-0.2, -0.15) is 5.10 Å². The largest absolute Gasteiger partial charge is 0.340 e. The predicted octanol–water partition coefficient (Wildman–Crippen LogP) is 1.32. The highest BCUT2D eigenvalue weighted by molar-refractivity contribution is 5.79. The first-order chi connectivity index (χ1) is 11.5. The lowest BCUT2D eigenvalue weighted by molar-refractivity contribution is -0.132. The lowest BCUT2D eigenvalue weighted by Crippen LogP contribution is -2.48. The van der Waals surface area contributed by atoms with Crippen molar-refractivity contribution in [2.45, 2.75) is 26.8 Å². The molecule has 0 aliphatic carbocycles. The lowest BCUT2D eigenvalue weighted by atomic mass is 10.1. The molecule has 0 saturated carbocycles. The first kappa shape index (κ1) is 16.6. The van der Waals surface area contributed by atoms with Crippen molar-refractivity contribution in [3.63, 3.8) is 0 Å². The van der Waals surface area contributed by atoms with Crippen LogP contribution in [0.1, 0.15) is 22.5 Å². The summed E-state index contributed by atoms with van der Waals surface area (Å²) >= 11 is 0. The van der Waals surface area contributed by atoms with Crippen LogP contribution in [-0.4, -0.2) is 56.7 Å². The number of amides is 1. The minimum absolute atomic E-state index is 0.206. The van der Waals surface area contributed by atoms with Gasteiger partial charge < -0.3 is 4.90 Å². The van der Waals surface area contributed by atoms with E-state index in [-0.39, 0.29) is 5.91 Å². The molecule has 1 saturated heterocycles. The van der Waals surface area contributed by atoms with Crippen molar-refractivity contribution in [3.05, 3.63) is 47.0 Å². The third-order valence-electron chi connectivity index (χ3n) is 4.87. The van der Waals surface area contributed by atoms with Crippen LogP contribution in [0.3, 0.4) is 0 Å². The Kier molecular flexibility index (Phi) is 4.94. The van der Waals surface area contributed by atoms with E-state index in [2.05, 4.69) is 15.0 Å². The topological polar surface area (TPSA) is 54.3 Å². The van der Waals surface area contributed by atoms with Crippen LogP contribution in [0.4, 0.5) is 0 Å². The van der Waals surface area contributed by atoms with Gasteiger partial charge in [0.2, 0.25) is 5.91 Å². The van der Waals surface area contributed by atoms with Crippen LogP contribution in [0.15, 0.2) is 24.5 Å². The maximum absolute atomic E-state index is 12.6. The first-order valence-corrected chi connectivity index (χ1v) is 8.42. The summed E-state index contributed by atoms with van der Waals surface area (Å²) in [6, 6.07) is 4.09. The third-order valence-corrected chi connectivity index (χ3v) is 4.87. The minimum atomic E-state index is 0.206. The summed E-state index contributed by atoms with van der Waals surface area (Å²) in [4.78, 5) is 21.0. The summed E-state index contributed by atoms with van der Waals surface area (Å²) < 4.78 is 1.85. The molecule has 3 heterocycles. The summed E-state index contributed by atoms with van der Waals surface area (Å²) in [7, 11) is 1.92. The van der Waals surface area contributed by atoms with Crippen LogP contribution >= 0.6 is 0 Å². The number of aromatic nitrogens is 3. The van der Waals surface area contributed by atoms with E-state index in [1.807, 2.05) is 55.0 Å². The molecule has 0 atom stereocenters. The van der Waals surface area contributed by atoms with Crippen LogP contribution in [0.5, 0.6) is 0 Å². The van der Waals surface area contributed by atoms with Gasteiger partial charge in [-0.15, -0.1) is 0 Å². The maximum atomic E-state index is 12.6. The predicted molar refractivity (Wildman–Crippen MR) is 92.5 cm³/mol. The van der Waals surface area contributed by atoms with E-state index in [9.17, 15) is 4.79 Å². The second kappa shape index (κ2) is 7.13. The van der Waals surface area contributed by atoms with Crippen LogP contribution in [0.25, 0.3) is 0 Å². The van der Waals surface area contributed by atoms with Crippen LogP contribution in [0, 0.1) is 13.8 Å². The Labute approximate surface area is 143 Å². The molecule has 128 valence electrons. The van der Waals surface area contributed by atoms with Gasteiger partial charge in [-0.3, -0.25) is 19.4 Å². The summed E-state index contributed by atoms with van der Waals surface area (Å²) in [6.45, 7) is 8.34. The maximum Gasteiger partial charge on any atom is 0.227 e. The molecule has 0 spiro atoms. The number of pyridine rings is 1. The van der Waals surface area contributed by atoms with Gasteiger partial charge in [0, 0.05) is 63.4 Å². The van der Waals surface area contributed by atoms with Gasteiger partial charge in [0.05, 0.1) is 12.1 Å². The van der Waals surface area contributed by atoms with Crippen molar-refractivity contribution in [2.24, 2.45) is 7.05 Å². The van der Waals surface area contributed by atoms with Crippen molar-refractivity contribution in [3.8, 4) is 0 Å². The molecule has 2 aromatic rings. The normalized spacial score (nSPS) is 15.7. The highest BCUT2D eigenvalue weighted by atomic mass is 16.2. The first-order valence-electron chi connectivity index (χ1n) is 8.42. The summed E-state index contributed by atoms with van der Waals surface area (Å²) in [6.07, 6.45) is 4.11. The number of nitrogens with zero attached hydrogens (tertiary/aromatic N) is 5. The van der Waals surface area contributed by atoms with Gasteiger partial charge in [-0.25, -0.2) is 0 Å². The molecule has 3 rings (SSSR count). The standard InChI is InChI=1S/C18H25N5O/c1-14-17(15(2)21(3)20-14)12-18(24)23-10-8-22(9-11-23)13-16-4-6-19-7-5-16/h4-7H,8-13H2,1-3H3. The van der Waals surface area contributed by atoms with E-state index in [0.29, 0.717) is 6.42 Å². The second-order valence-electron chi connectivity index (χ2n) is 6.46. The van der Waals surface area contributed by atoms with Crippen LogP contribution in [0.2, 0.25) is 0 Å². The number of piperazine rings is 1. The van der Waals surface area contributed by atoms with Crippen molar-refractivity contribution < 1.29 is 4.79 Å². The highest BCUT2D eigenvalue weighted by Gasteiger charge is 2.23. The van der Waals surface area contributed by atoms with E-state index >= 15 is 0 Å². The van der Waals surface area contributed by atoms with E-state index in [1.165, 1.54) is 5.56 Å². The molecule has 24 heavy (non-hydrogen) atoms. The molecule has 1 amide bonds. The molecule has 0 bridgehead atoms. The number of rotatable bonds is 4. The molecule has 2 aromatic heterocycles. The van der Waals surface area contributed by atoms with Gasteiger partial charge in [0.15, 0.2) is 0 Å². The molecule has 6 nitrogen and oxygen atoms in total. The highest BCUT2D eigenvalue weighted by Crippen LogP contribution is 2.15. The number of carbonyl (C=O) groups is 1. The molecule has 0 radical (unpaired) electrons. The van der Waals surface area contributed by atoms with E-state index in [4.69, 9.17) is 0 Å². The van der Waals surface area contributed by atoms with E-state index in [0.717, 1.165) is 49.7 Å². The quantitative estimate of drug-likeness (QED) is 0.850. The van der Waals surface area contributed by atoms with Gasteiger partial charge in [-0.1, -0.05) is 0 Å². The lowest BCUT2D eigenvalue weighted by Gasteiger charge is -2.34. The van der Waals surface area contributed by atoms with E-state index < -0.39 is 0 Å². The molecule has 6 heteroatoms. The van der Waals surface area contributed by atoms with Gasteiger partial charge in [0.25, 0.3) is 0 Å².